The highest BCUT2D eigenvalue weighted by molar-refractivity contribution is 5.90. The summed E-state index contributed by atoms with van der Waals surface area (Å²) < 4.78 is 5.73. The Labute approximate surface area is 160 Å². The summed E-state index contributed by atoms with van der Waals surface area (Å²) in [6.45, 7) is 3.94. The van der Waals surface area contributed by atoms with Crippen molar-refractivity contribution < 1.29 is 14.6 Å². The van der Waals surface area contributed by atoms with Crippen LogP contribution in [0.5, 0.6) is 5.75 Å². The minimum absolute atomic E-state index is 0.152. The number of para-hydroxylation sites is 2. The lowest BCUT2D eigenvalue weighted by Gasteiger charge is -2.28. The van der Waals surface area contributed by atoms with E-state index in [0.717, 1.165) is 19.5 Å². The normalized spacial score (nSPS) is 15.7. The van der Waals surface area contributed by atoms with Crippen molar-refractivity contribution >= 4 is 17.2 Å². The van der Waals surface area contributed by atoms with Crippen molar-refractivity contribution in [3.05, 3.63) is 66.2 Å². The zero-order valence-corrected chi connectivity index (χ0v) is 15.6. The number of amides is 1. The Morgan fingerprint density at radius 3 is 2.63 bits per heavy atom. The van der Waals surface area contributed by atoms with E-state index in [4.69, 9.17) is 4.74 Å². The molecule has 0 spiro atoms. The van der Waals surface area contributed by atoms with E-state index in [1.807, 2.05) is 18.2 Å². The van der Waals surface area contributed by atoms with Crippen molar-refractivity contribution in [2.45, 2.75) is 19.4 Å². The molecule has 0 fully saturated rings. The monoisotopic (exact) mass is 366 g/mol. The second-order valence-electron chi connectivity index (χ2n) is 6.75. The topological polar surface area (TPSA) is 61.8 Å². The summed E-state index contributed by atoms with van der Waals surface area (Å²) in [5.41, 5.74) is 3.25. The molecule has 0 aliphatic carbocycles. The van der Waals surface area contributed by atoms with Gasteiger partial charge in [0.1, 0.15) is 18.5 Å². The quantitative estimate of drug-likeness (QED) is 0.790. The predicted molar refractivity (Wildman–Crippen MR) is 108 cm³/mol. The maximum atomic E-state index is 11.3. The number of benzene rings is 2. The van der Waals surface area contributed by atoms with Gasteiger partial charge in [-0.2, -0.15) is 0 Å². The van der Waals surface area contributed by atoms with Crippen LogP contribution in [-0.4, -0.2) is 48.3 Å². The number of rotatable bonds is 7. The molecule has 0 radical (unpaired) electrons. The van der Waals surface area contributed by atoms with E-state index in [0.29, 0.717) is 18.0 Å². The summed E-state index contributed by atoms with van der Waals surface area (Å²) in [6.07, 6.45) is 2.61. The van der Waals surface area contributed by atoms with E-state index in [9.17, 15) is 9.90 Å². The van der Waals surface area contributed by atoms with Crippen LogP contribution in [0.3, 0.4) is 0 Å². The molecule has 1 aliphatic rings. The highest BCUT2D eigenvalue weighted by atomic mass is 16.5. The van der Waals surface area contributed by atoms with Crippen LogP contribution in [0.1, 0.15) is 18.9 Å². The van der Waals surface area contributed by atoms with Crippen LogP contribution < -0.4 is 10.1 Å². The maximum Gasteiger partial charge on any atom is 0.221 e. The second kappa shape index (κ2) is 9.35. The second-order valence-corrected chi connectivity index (χ2v) is 6.75. The summed E-state index contributed by atoms with van der Waals surface area (Å²) in [5.74, 6) is 0.414. The number of ether oxygens (including phenoxy) is 1. The minimum atomic E-state index is -0.595. The first-order chi connectivity index (χ1) is 13.1. The third-order valence-electron chi connectivity index (χ3n) is 4.54. The molecule has 1 atom stereocenters. The number of aliphatic hydroxyl groups excluding tert-OH is 1. The van der Waals surface area contributed by atoms with Gasteiger partial charge in [0.15, 0.2) is 0 Å². The fourth-order valence-electron chi connectivity index (χ4n) is 3.21. The van der Waals surface area contributed by atoms with Gasteiger partial charge in [-0.05, 0) is 29.7 Å². The molecular weight excluding hydrogens is 340 g/mol. The molecule has 3 rings (SSSR count). The molecule has 5 nitrogen and oxygen atoms in total. The van der Waals surface area contributed by atoms with Crippen LogP contribution in [0.4, 0.5) is 5.69 Å². The molecular formula is C22H26N2O3. The smallest absolute Gasteiger partial charge is 0.221 e. The van der Waals surface area contributed by atoms with Gasteiger partial charge >= 0.3 is 0 Å². The van der Waals surface area contributed by atoms with Crippen LogP contribution in [-0.2, 0) is 4.79 Å². The number of anilines is 1. The lowest BCUT2D eigenvalue weighted by atomic mass is 9.99. The minimum Gasteiger partial charge on any atom is -0.489 e. The van der Waals surface area contributed by atoms with Gasteiger partial charge in [0, 0.05) is 26.6 Å². The third-order valence-corrected chi connectivity index (χ3v) is 4.54. The van der Waals surface area contributed by atoms with Crippen molar-refractivity contribution in [1.82, 2.24) is 4.90 Å². The average molecular weight is 366 g/mol. The Kier molecular flexibility index (Phi) is 6.63. The van der Waals surface area contributed by atoms with E-state index < -0.39 is 6.10 Å². The third kappa shape index (κ3) is 5.67. The van der Waals surface area contributed by atoms with Gasteiger partial charge in [-0.3, -0.25) is 9.69 Å². The largest absolute Gasteiger partial charge is 0.489 e. The molecule has 2 aromatic carbocycles. The number of aliphatic hydroxyl groups is 1. The number of nitrogens with one attached hydrogen (secondary N) is 1. The first kappa shape index (κ1) is 19.1. The van der Waals surface area contributed by atoms with Crippen molar-refractivity contribution in [1.29, 1.82) is 0 Å². The van der Waals surface area contributed by atoms with Crippen molar-refractivity contribution in [3.8, 4) is 5.75 Å². The number of hydrogen-bond acceptors (Lipinski definition) is 4. The number of nitrogens with zero attached hydrogens (tertiary/aromatic N) is 1. The fourth-order valence-corrected chi connectivity index (χ4v) is 3.21. The Morgan fingerprint density at radius 2 is 1.93 bits per heavy atom. The molecule has 2 aromatic rings. The van der Waals surface area contributed by atoms with Crippen molar-refractivity contribution in [3.63, 3.8) is 0 Å². The van der Waals surface area contributed by atoms with Crippen LogP contribution in [0, 0.1) is 0 Å². The molecule has 5 heteroatoms. The summed E-state index contributed by atoms with van der Waals surface area (Å²) in [6, 6.07) is 17.7. The highest BCUT2D eigenvalue weighted by Gasteiger charge is 2.17. The molecule has 0 saturated heterocycles. The molecule has 2 N–H and O–H groups in total. The first-order valence-corrected chi connectivity index (χ1v) is 9.26. The summed E-state index contributed by atoms with van der Waals surface area (Å²) in [7, 11) is 0. The van der Waals surface area contributed by atoms with Gasteiger partial charge in [-0.25, -0.2) is 0 Å². The Morgan fingerprint density at radius 1 is 1.19 bits per heavy atom. The molecule has 0 saturated carbocycles. The van der Waals surface area contributed by atoms with Gasteiger partial charge in [0.2, 0.25) is 5.91 Å². The average Bonchev–Trinajstić information content (AvgIpc) is 2.68. The zero-order chi connectivity index (χ0) is 19.1. The van der Waals surface area contributed by atoms with E-state index in [1.54, 1.807) is 12.1 Å². The van der Waals surface area contributed by atoms with E-state index >= 15 is 0 Å². The summed E-state index contributed by atoms with van der Waals surface area (Å²) in [5, 5.41) is 13.1. The standard InChI is InChI=1S/C22H26N2O3/c1-17(25)23-21-9-5-6-10-22(21)27-16-20(26)15-24-13-11-19(12-14-24)18-7-3-2-4-8-18/h2-11,20,26H,12-16H2,1H3,(H,23,25). The molecule has 0 bridgehead atoms. The Bertz CT molecular complexity index is 789. The molecule has 27 heavy (non-hydrogen) atoms. The van der Waals surface area contributed by atoms with Crippen LogP contribution in [0.15, 0.2) is 60.7 Å². The molecule has 142 valence electrons. The molecule has 1 aliphatic heterocycles. The van der Waals surface area contributed by atoms with Gasteiger partial charge < -0.3 is 15.2 Å². The number of β-amino-alcohol motifs (C(OH)–C–C–N with tert-alkyl or cyclic N) is 1. The van der Waals surface area contributed by atoms with Crippen LogP contribution in [0.2, 0.25) is 0 Å². The van der Waals surface area contributed by atoms with Gasteiger partial charge in [0.05, 0.1) is 5.69 Å². The summed E-state index contributed by atoms with van der Waals surface area (Å²) >= 11 is 0. The number of hydrogen-bond donors (Lipinski definition) is 2. The zero-order valence-electron chi connectivity index (χ0n) is 15.6. The lowest BCUT2D eigenvalue weighted by molar-refractivity contribution is -0.114. The molecule has 0 aromatic heterocycles. The fraction of sp³-hybridized carbons (Fsp3) is 0.318. The van der Waals surface area contributed by atoms with Crippen LogP contribution >= 0.6 is 0 Å². The number of carbonyl (C=O) groups is 1. The first-order valence-electron chi connectivity index (χ1n) is 9.26. The summed E-state index contributed by atoms with van der Waals surface area (Å²) in [4.78, 5) is 13.5. The molecule has 1 unspecified atom stereocenters. The molecule has 1 amide bonds. The lowest BCUT2D eigenvalue weighted by Crippen LogP contribution is -2.38. The van der Waals surface area contributed by atoms with Gasteiger partial charge in [0.25, 0.3) is 0 Å². The van der Waals surface area contributed by atoms with E-state index in [1.165, 1.54) is 18.1 Å². The van der Waals surface area contributed by atoms with Crippen molar-refractivity contribution in [2.75, 3.05) is 31.6 Å². The maximum absolute atomic E-state index is 11.3. The SMILES string of the molecule is CC(=O)Nc1ccccc1OCC(O)CN1CC=C(c2ccccc2)CC1. The van der Waals surface area contributed by atoms with E-state index in [2.05, 4.69) is 40.6 Å². The Hall–Kier alpha value is -2.63. The Balaban J connectivity index is 1.49. The van der Waals surface area contributed by atoms with Crippen molar-refractivity contribution in [2.24, 2.45) is 0 Å². The number of carbonyl (C=O) groups excluding carboxylic acids is 1. The van der Waals surface area contributed by atoms with Gasteiger partial charge in [-0.15, -0.1) is 0 Å². The van der Waals surface area contributed by atoms with E-state index in [-0.39, 0.29) is 12.5 Å². The highest BCUT2D eigenvalue weighted by Crippen LogP contribution is 2.24. The van der Waals surface area contributed by atoms with Gasteiger partial charge in [-0.1, -0.05) is 48.5 Å². The molecule has 1 heterocycles. The predicted octanol–water partition coefficient (Wildman–Crippen LogP) is 3.17. The van der Waals surface area contributed by atoms with Crippen LogP contribution in [0.25, 0.3) is 5.57 Å².